The van der Waals surface area contributed by atoms with E-state index in [9.17, 15) is 4.79 Å². The van der Waals surface area contributed by atoms with E-state index in [1.54, 1.807) is 0 Å². The highest BCUT2D eigenvalue weighted by atomic mass is 16.5. The second-order valence-electron chi connectivity index (χ2n) is 8.99. The van der Waals surface area contributed by atoms with Crippen LogP contribution in [0.15, 0.2) is 54.7 Å². The highest BCUT2D eigenvalue weighted by Gasteiger charge is 2.24. The molecule has 0 unspecified atom stereocenters. The summed E-state index contributed by atoms with van der Waals surface area (Å²) in [5.41, 5.74) is 4.63. The summed E-state index contributed by atoms with van der Waals surface area (Å²) < 4.78 is 6.04. The fourth-order valence-corrected chi connectivity index (χ4v) is 4.62. The fourth-order valence-electron chi connectivity index (χ4n) is 4.62. The maximum Gasteiger partial charge on any atom is 0.303 e. The van der Waals surface area contributed by atoms with Crippen molar-refractivity contribution in [2.24, 2.45) is 0 Å². The van der Waals surface area contributed by atoms with Gasteiger partial charge in [0.05, 0.1) is 13.0 Å². The number of fused-ring (bicyclic) bond motifs is 1. The SMILES string of the molecule is CCCN(CCCOc1ccc2c(c1)CC[C@H]2CC(=O)O)c1ccnc(-c2ccc(C)cc2)n1. The maximum atomic E-state index is 11.1. The second-order valence-corrected chi connectivity index (χ2v) is 8.99. The number of anilines is 1. The Bertz CT molecular complexity index is 1110. The van der Waals surface area contributed by atoms with Crippen molar-refractivity contribution in [1.82, 2.24) is 9.97 Å². The molecule has 1 aromatic heterocycles. The summed E-state index contributed by atoms with van der Waals surface area (Å²) in [6, 6.07) is 16.4. The molecule has 4 rings (SSSR count). The van der Waals surface area contributed by atoms with Crippen LogP contribution in [0.25, 0.3) is 11.4 Å². The average molecular weight is 460 g/mol. The van der Waals surface area contributed by atoms with Gasteiger partial charge in [-0.2, -0.15) is 0 Å². The van der Waals surface area contributed by atoms with Crippen LogP contribution in [0.4, 0.5) is 5.82 Å². The first-order valence-corrected chi connectivity index (χ1v) is 12.2. The zero-order valence-corrected chi connectivity index (χ0v) is 20.0. The molecule has 34 heavy (non-hydrogen) atoms. The molecule has 2 aromatic carbocycles. The van der Waals surface area contributed by atoms with Crippen LogP contribution in [0, 0.1) is 6.92 Å². The van der Waals surface area contributed by atoms with Crippen molar-refractivity contribution >= 4 is 11.8 Å². The minimum Gasteiger partial charge on any atom is -0.494 e. The monoisotopic (exact) mass is 459 g/mol. The van der Waals surface area contributed by atoms with Crippen molar-refractivity contribution in [1.29, 1.82) is 0 Å². The van der Waals surface area contributed by atoms with Crippen molar-refractivity contribution in [3.63, 3.8) is 0 Å². The van der Waals surface area contributed by atoms with Crippen LogP contribution >= 0.6 is 0 Å². The first-order valence-electron chi connectivity index (χ1n) is 12.2. The molecule has 0 aliphatic heterocycles. The lowest BCUT2D eigenvalue weighted by Crippen LogP contribution is -2.27. The van der Waals surface area contributed by atoms with Gasteiger partial charge in [-0.1, -0.05) is 42.8 Å². The number of carboxylic acid groups (broad SMARTS) is 1. The summed E-state index contributed by atoms with van der Waals surface area (Å²) in [6.45, 7) is 6.64. The number of aryl methyl sites for hydroxylation is 2. The fraction of sp³-hybridized carbons (Fsp3) is 0.393. The van der Waals surface area contributed by atoms with Gasteiger partial charge in [0, 0.05) is 24.8 Å². The number of aromatic nitrogens is 2. The van der Waals surface area contributed by atoms with Gasteiger partial charge in [0.1, 0.15) is 11.6 Å². The molecule has 1 N–H and O–H groups in total. The molecule has 0 fully saturated rings. The van der Waals surface area contributed by atoms with Crippen molar-refractivity contribution in [2.45, 2.75) is 51.9 Å². The molecule has 0 amide bonds. The molecule has 1 atom stereocenters. The Morgan fingerprint density at radius 2 is 1.97 bits per heavy atom. The van der Waals surface area contributed by atoms with Crippen LogP contribution in [0.1, 0.15) is 55.2 Å². The molecule has 0 radical (unpaired) electrons. The van der Waals surface area contributed by atoms with E-state index in [4.69, 9.17) is 14.8 Å². The van der Waals surface area contributed by atoms with Gasteiger partial charge in [-0.3, -0.25) is 4.79 Å². The number of ether oxygens (including phenoxy) is 1. The summed E-state index contributed by atoms with van der Waals surface area (Å²) in [7, 11) is 0. The molecule has 6 heteroatoms. The average Bonchev–Trinajstić information content (AvgIpc) is 3.23. The minimum absolute atomic E-state index is 0.127. The van der Waals surface area contributed by atoms with Gasteiger partial charge in [-0.25, -0.2) is 9.97 Å². The summed E-state index contributed by atoms with van der Waals surface area (Å²) in [4.78, 5) is 22.7. The Morgan fingerprint density at radius 1 is 1.15 bits per heavy atom. The van der Waals surface area contributed by atoms with Crippen LogP contribution in [-0.4, -0.2) is 40.7 Å². The van der Waals surface area contributed by atoms with Crippen LogP contribution in [0.5, 0.6) is 5.75 Å². The quantitative estimate of drug-likeness (QED) is 0.374. The normalized spacial score (nSPS) is 14.6. The molecule has 1 heterocycles. The smallest absolute Gasteiger partial charge is 0.303 e. The van der Waals surface area contributed by atoms with Gasteiger partial charge in [-0.15, -0.1) is 0 Å². The van der Waals surface area contributed by atoms with Gasteiger partial charge in [-0.05, 0) is 67.9 Å². The largest absolute Gasteiger partial charge is 0.494 e. The van der Waals surface area contributed by atoms with E-state index in [1.165, 1.54) is 11.1 Å². The summed E-state index contributed by atoms with van der Waals surface area (Å²) in [6.07, 6.45) is 5.77. The number of hydrogen-bond donors (Lipinski definition) is 1. The third-order valence-corrected chi connectivity index (χ3v) is 6.35. The predicted octanol–water partition coefficient (Wildman–Crippen LogP) is 5.64. The molecule has 1 aliphatic carbocycles. The van der Waals surface area contributed by atoms with Gasteiger partial charge in [0.25, 0.3) is 0 Å². The minimum atomic E-state index is -0.732. The molecule has 0 saturated heterocycles. The Balaban J connectivity index is 1.34. The number of benzene rings is 2. The Labute approximate surface area is 201 Å². The van der Waals surface area contributed by atoms with Gasteiger partial charge in [0.15, 0.2) is 5.82 Å². The number of hydrogen-bond acceptors (Lipinski definition) is 5. The molecule has 1 aliphatic rings. The van der Waals surface area contributed by atoms with Gasteiger partial charge in [0.2, 0.25) is 0 Å². The van der Waals surface area contributed by atoms with Crippen molar-refractivity contribution < 1.29 is 14.6 Å². The highest BCUT2D eigenvalue weighted by molar-refractivity contribution is 5.68. The van der Waals surface area contributed by atoms with Crippen LogP contribution in [0.3, 0.4) is 0 Å². The first kappa shape index (κ1) is 23.7. The van der Waals surface area contributed by atoms with E-state index in [0.29, 0.717) is 6.61 Å². The Morgan fingerprint density at radius 3 is 2.74 bits per heavy atom. The van der Waals surface area contributed by atoms with Crippen molar-refractivity contribution in [3.05, 3.63) is 71.4 Å². The maximum absolute atomic E-state index is 11.1. The second kappa shape index (κ2) is 11.1. The van der Waals surface area contributed by atoms with E-state index in [-0.39, 0.29) is 12.3 Å². The number of carboxylic acids is 1. The number of rotatable bonds is 11. The standard InChI is InChI=1S/C28H33N3O3/c1-3-15-31(26-13-14-29-28(30-26)21-7-5-20(2)6-8-21)16-4-17-34-24-11-12-25-22(18-24)9-10-23(25)19-27(32)33/h5-8,11-14,18,23H,3-4,9-10,15-17,19H2,1-2H3,(H,32,33)/t23-/m0/s1. The molecule has 0 spiro atoms. The van der Waals surface area contributed by atoms with Crippen LogP contribution < -0.4 is 9.64 Å². The number of aliphatic carboxylic acids is 1. The number of carbonyl (C=O) groups is 1. The molecule has 3 aromatic rings. The molecule has 0 bridgehead atoms. The lowest BCUT2D eigenvalue weighted by Gasteiger charge is -2.23. The van der Waals surface area contributed by atoms with E-state index < -0.39 is 5.97 Å². The molecular formula is C28H33N3O3. The highest BCUT2D eigenvalue weighted by Crippen LogP contribution is 2.37. The third-order valence-electron chi connectivity index (χ3n) is 6.35. The first-order chi connectivity index (χ1) is 16.5. The van der Waals surface area contributed by atoms with Crippen molar-refractivity contribution in [2.75, 3.05) is 24.6 Å². The molecule has 0 saturated carbocycles. The zero-order valence-electron chi connectivity index (χ0n) is 20.0. The van der Waals surface area contributed by atoms with Gasteiger partial charge < -0.3 is 14.7 Å². The topological polar surface area (TPSA) is 75.5 Å². The van der Waals surface area contributed by atoms with Crippen molar-refractivity contribution in [3.8, 4) is 17.1 Å². The van der Waals surface area contributed by atoms with Crippen LogP contribution in [0.2, 0.25) is 0 Å². The van der Waals surface area contributed by atoms with Crippen LogP contribution in [-0.2, 0) is 11.2 Å². The lowest BCUT2D eigenvalue weighted by molar-refractivity contribution is -0.137. The van der Waals surface area contributed by atoms with Gasteiger partial charge >= 0.3 is 5.97 Å². The molecule has 6 nitrogen and oxygen atoms in total. The predicted molar refractivity (Wildman–Crippen MR) is 135 cm³/mol. The summed E-state index contributed by atoms with van der Waals surface area (Å²) in [5, 5.41) is 9.11. The van der Waals surface area contributed by atoms with E-state index in [2.05, 4.69) is 54.1 Å². The molecule has 178 valence electrons. The Kier molecular flexibility index (Phi) is 7.78. The van der Waals surface area contributed by atoms with E-state index >= 15 is 0 Å². The Hall–Kier alpha value is -3.41. The zero-order chi connectivity index (χ0) is 23.9. The summed E-state index contributed by atoms with van der Waals surface area (Å²) >= 11 is 0. The lowest BCUT2D eigenvalue weighted by atomic mass is 9.98. The number of nitrogens with zero attached hydrogens (tertiary/aromatic N) is 3. The van der Waals surface area contributed by atoms with E-state index in [1.807, 2.05) is 24.4 Å². The van der Waals surface area contributed by atoms with E-state index in [0.717, 1.165) is 67.3 Å². The molecular weight excluding hydrogens is 426 g/mol. The summed E-state index contributed by atoms with van der Waals surface area (Å²) in [5.74, 6) is 1.94. The third kappa shape index (κ3) is 5.93.